The lowest BCUT2D eigenvalue weighted by molar-refractivity contribution is 0.415. The number of hydrogen-bond donors (Lipinski definition) is 1. The molecular formula is C15H15N3O2. The number of aromatic nitrogens is 2. The molecule has 0 aliphatic carbocycles. The van der Waals surface area contributed by atoms with Crippen molar-refractivity contribution < 1.29 is 9.15 Å². The molecule has 5 heteroatoms. The molecule has 102 valence electrons. The van der Waals surface area contributed by atoms with Crippen LogP contribution in [0.4, 0.5) is 5.82 Å². The number of fused-ring (bicyclic) bond motifs is 1. The van der Waals surface area contributed by atoms with Gasteiger partial charge in [0.1, 0.15) is 17.3 Å². The van der Waals surface area contributed by atoms with Gasteiger partial charge in [0, 0.05) is 11.6 Å². The first-order valence-electron chi connectivity index (χ1n) is 6.34. The van der Waals surface area contributed by atoms with Crippen molar-refractivity contribution in [3.63, 3.8) is 0 Å². The molecule has 2 heterocycles. The van der Waals surface area contributed by atoms with Crippen LogP contribution in [-0.4, -0.2) is 17.1 Å². The number of benzene rings is 1. The number of methoxy groups -OCH3 is 1. The second-order valence-electron chi connectivity index (χ2n) is 4.46. The van der Waals surface area contributed by atoms with Gasteiger partial charge in [0.2, 0.25) is 5.89 Å². The van der Waals surface area contributed by atoms with E-state index < -0.39 is 0 Å². The van der Waals surface area contributed by atoms with Gasteiger partial charge >= 0.3 is 0 Å². The van der Waals surface area contributed by atoms with Crippen LogP contribution in [0.5, 0.6) is 5.75 Å². The van der Waals surface area contributed by atoms with Gasteiger partial charge in [-0.05, 0) is 36.6 Å². The lowest BCUT2D eigenvalue weighted by Gasteiger charge is -2.08. The third-order valence-corrected chi connectivity index (χ3v) is 3.05. The first-order chi connectivity index (χ1) is 9.76. The highest BCUT2D eigenvalue weighted by molar-refractivity contribution is 5.92. The van der Waals surface area contributed by atoms with Crippen LogP contribution < -0.4 is 10.1 Å². The van der Waals surface area contributed by atoms with Crippen molar-refractivity contribution in [2.45, 2.75) is 13.5 Å². The molecule has 1 aromatic carbocycles. The Morgan fingerprint density at radius 2 is 2.15 bits per heavy atom. The van der Waals surface area contributed by atoms with Crippen molar-refractivity contribution in [2.24, 2.45) is 0 Å². The number of nitrogens with one attached hydrogen (secondary N) is 1. The molecule has 3 rings (SSSR count). The van der Waals surface area contributed by atoms with E-state index in [0.717, 1.165) is 28.1 Å². The number of nitrogens with zero attached hydrogens (tertiary/aromatic N) is 2. The first-order valence-corrected chi connectivity index (χ1v) is 6.34. The summed E-state index contributed by atoms with van der Waals surface area (Å²) >= 11 is 0. The molecule has 0 saturated carbocycles. The fourth-order valence-electron chi connectivity index (χ4n) is 2.07. The standard InChI is InChI=1S/C15H15N3O2/c1-10-8-17-14(20-10)9-18-15-13-4-3-12(19-2)7-11(13)5-6-16-15/h3-8H,9H2,1-2H3,(H,16,18). The molecule has 5 nitrogen and oxygen atoms in total. The molecule has 0 saturated heterocycles. The van der Waals surface area contributed by atoms with Crippen molar-refractivity contribution in [2.75, 3.05) is 12.4 Å². The average molecular weight is 269 g/mol. The molecule has 0 fully saturated rings. The minimum Gasteiger partial charge on any atom is -0.497 e. The van der Waals surface area contributed by atoms with E-state index in [0.29, 0.717) is 12.4 Å². The number of hydrogen-bond acceptors (Lipinski definition) is 5. The van der Waals surface area contributed by atoms with Crippen molar-refractivity contribution in [1.29, 1.82) is 0 Å². The Balaban J connectivity index is 1.87. The van der Waals surface area contributed by atoms with Crippen LogP contribution in [0.15, 0.2) is 41.1 Å². The van der Waals surface area contributed by atoms with Gasteiger partial charge in [-0.1, -0.05) is 0 Å². The topological polar surface area (TPSA) is 60.2 Å². The van der Waals surface area contributed by atoms with E-state index in [4.69, 9.17) is 9.15 Å². The van der Waals surface area contributed by atoms with Gasteiger partial charge in [0.05, 0.1) is 19.9 Å². The second kappa shape index (κ2) is 5.21. The maximum absolute atomic E-state index is 5.43. The zero-order valence-electron chi connectivity index (χ0n) is 11.4. The van der Waals surface area contributed by atoms with Crippen molar-refractivity contribution in [1.82, 2.24) is 9.97 Å². The van der Waals surface area contributed by atoms with Crippen molar-refractivity contribution in [3.05, 3.63) is 48.3 Å². The molecule has 0 aliphatic rings. The minimum absolute atomic E-state index is 0.506. The zero-order valence-corrected chi connectivity index (χ0v) is 11.4. The highest BCUT2D eigenvalue weighted by atomic mass is 16.5. The van der Waals surface area contributed by atoms with Crippen LogP contribution in [0.3, 0.4) is 0 Å². The summed E-state index contributed by atoms with van der Waals surface area (Å²) in [7, 11) is 1.66. The van der Waals surface area contributed by atoms with E-state index in [1.54, 1.807) is 19.5 Å². The molecule has 0 amide bonds. The van der Waals surface area contributed by atoms with Crippen LogP contribution in [-0.2, 0) is 6.54 Å². The SMILES string of the molecule is COc1ccc2c(NCc3ncc(C)o3)nccc2c1. The summed E-state index contributed by atoms with van der Waals surface area (Å²) < 4.78 is 10.7. The van der Waals surface area contributed by atoms with Gasteiger partial charge in [-0.3, -0.25) is 0 Å². The Morgan fingerprint density at radius 1 is 1.25 bits per heavy atom. The number of ether oxygens (including phenoxy) is 1. The molecule has 0 unspecified atom stereocenters. The van der Waals surface area contributed by atoms with Crippen molar-refractivity contribution in [3.8, 4) is 5.75 Å². The van der Waals surface area contributed by atoms with Gasteiger partial charge < -0.3 is 14.5 Å². The fraction of sp³-hybridized carbons (Fsp3) is 0.200. The summed E-state index contributed by atoms with van der Waals surface area (Å²) in [5.41, 5.74) is 0. The number of rotatable bonds is 4. The molecule has 3 aromatic rings. The van der Waals surface area contributed by atoms with E-state index in [2.05, 4.69) is 15.3 Å². The highest BCUT2D eigenvalue weighted by Gasteiger charge is 2.05. The molecule has 0 radical (unpaired) electrons. The largest absolute Gasteiger partial charge is 0.497 e. The molecular weight excluding hydrogens is 254 g/mol. The van der Waals surface area contributed by atoms with E-state index in [9.17, 15) is 0 Å². The molecule has 0 aliphatic heterocycles. The number of anilines is 1. The highest BCUT2D eigenvalue weighted by Crippen LogP contribution is 2.25. The van der Waals surface area contributed by atoms with Gasteiger partial charge in [0.25, 0.3) is 0 Å². The van der Waals surface area contributed by atoms with Gasteiger partial charge in [0.15, 0.2) is 0 Å². The summed E-state index contributed by atoms with van der Waals surface area (Å²) in [4.78, 5) is 8.52. The summed E-state index contributed by atoms with van der Waals surface area (Å²) in [6.07, 6.45) is 3.48. The molecule has 2 aromatic heterocycles. The predicted molar refractivity (Wildman–Crippen MR) is 76.9 cm³/mol. The van der Waals surface area contributed by atoms with Crippen LogP contribution in [0.2, 0.25) is 0 Å². The maximum Gasteiger partial charge on any atom is 0.213 e. The van der Waals surface area contributed by atoms with Gasteiger partial charge in [-0.15, -0.1) is 0 Å². The van der Waals surface area contributed by atoms with Crippen LogP contribution in [0.25, 0.3) is 10.8 Å². The third kappa shape index (κ3) is 2.42. The number of aryl methyl sites for hydroxylation is 1. The van der Waals surface area contributed by atoms with Crippen LogP contribution in [0, 0.1) is 6.92 Å². The molecule has 1 N–H and O–H groups in total. The Labute approximate surface area is 116 Å². The van der Waals surface area contributed by atoms with Crippen LogP contribution in [0.1, 0.15) is 11.7 Å². The minimum atomic E-state index is 0.506. The second-order valence-corrected chi connectivity index (χ2v) is 4.46. The summed E-state index contributed by atoms with van der Waals surface area (Å²) in [6.45, 7) is 2.38. The van der Waals surface area contributed by atoms with Gasteiger partial charge in [-0.25, -0.2) is 9.97 Å². The monoisotopic (exact) mass is 269 g/mol. The molecule has 20 heavy (non-hydrogen) atoms. The van der Waals surface area contributed by atoms with Crippen LogP contribution >= 0.6 is 0 Å². The van der Waals surface area contributed by atoms with E-state index in [-0.39, 0.29) is 0 Å². The quantitative estimate of drug-likeness (QED) is 0.788. The Morgan fingerprint density at radius 3 is 2.90 bits per heavy atom. The zero-order chi connectivity index (χ0) is 13.9. The fourth-order valence-corrected chi connectivity index (χ4v) is 2.07. The van der Waals surface area contributed by atoms with Crippen molar-refractivity contribution >= 4 is 16.6 Å². The summed E-state index contributed by atoms with van der Waals surface area (Å²) in [5.74, 6) is 3.09. The van der Waals surface area contributed by atoms with E-state index in [1.165, 1.54) is 0 Å². The molecule has 0 bridgehead atoms. The summed E-state index contributed by atoms with van der Waals surface area (Å²) in [6, 6.07) is 7.85. The maximum atomic E-state index is 5.43. The Bertz CT molecular complexity index is 737. The molecule has 0 atom stereocenters. The average Bonchev–Trinajstić information content (AvgIpc) is 2.90. The smallest absolute Gasteiger partial charge is 0.213 e. The number of oxazole rings is 1. The number of pyridine rings is 1. The lowest BCUT2D eigenvalue weighted by atomic mass is 10.1. The van der Waals surface area contributed by atoms with Gasteiger partial charge in [-0.2, -0.15) is 0 Å². The first kappa shape index (κ1) is 12.5. The lowest BCUT2D eigenvalue weighted by Crippen LogP contribution is -2.02. The predicted octanol–water partition coefficient (Wildman–Crippen LogP) is 3.15. The Kier molecular flexibility index (Phi) is 3.25. The third-order valence-electron chi connectivity index (χ3n) is 3.05. The van der Waals surface area contributed by atoms with E-state index in [1.807, 2.05) is 31.2 Å². The Hall–Kier alpha value is -2.56. The summed E-state index contributed by atoms with van der Waals surface area (Å²) in [5, 5.41) is 5.36. The normalized spacial score (nSPS) is 10.7. The van der Waals surface area contributed by atoms with E-state index >= 15 is 0 Å². The molecule has 0 spiro atoms.